The molecule has 0 saturated carbocycles. The highest BCUT2D eigenvalue weighted by molar-refractivity contribution is 7.09. The fourth-order valence-corrected chi connectivity index (χ4v) is 2.28. The first-order chi connectivity index (χ1) is 7.29. The summed E-state index contributed by atoms with van der Waals surface area (Å²) in [4.78, 5) is 9.05. The number of methoxy groups -OCH3 is 1. The third-order valence-corrected chi connectivity index (χ3v) is 3.32. The normalized spacial score (nSPS) is 18.4. The minimum absolute atomic E-state index is 0.504. The van der Waals surface area contributed by atoms with Gasteiger partial charge in [-0.1, -0.05) is 0 Å². The van der Waals surface area contributed by atoms with Crippen LogP contribution < -0.4 is 4.90 Å². The molecule has 0 atom stereocenters. The lowest BCUT2D eigenvalue weighted by Gasteiger charge is -2.31. The van der Waals surface area contributed by atoms with E-state index < -0.39 is 0 Å². The van der Waals surface area contributed by atoms with Crippen LogP contribution in [0.1, 0.15) is 5.82 Å². The molecule has 0 unspecified atom stereocenters. The number of piperazine rings is 1. The van der Waals surface area contributed by atoms with E-state index in [1.165, 1.54) is 11.5 Å². The average molecular weight is 228 g/mol. The van der Waals surface area contributed by atoms with Gasteiger partial charge in [-0.05, 0) is 7.05 Å². The quantitative estimate of drug-likeness (QED) is 0.751. The van der Waals surface area contributed by atoms with E-state index in [0.717, 1.165) is 37.1 Å². The molecule has 1 aromatic heterocycles. The molecule has 1 aliphatic heterocycles. The molecule has 6 heteroatoms. The number of hydrogen-bond donors (Lipinski definition) is 0. The zero-order chi connectivity index (χ0) is 10.7. The molecule has 0 aromatic carbocycles. The third-order valence-electron chi connectivity index (χ3n) is 2.50. The Morgan fingerprint density at radius 2 is 2.07 bits per heavy atom. The van der Waals surface area contributed by atoms with Gasteiger partial charge < -0.3 is 14.5 Å². The van der Waals surface area contributed by atoms with Gasteiger partial charge in [0.2, 0.25) is 5.13 Å². The molecule has 0 bridgehead atoms. The first-order valence-electron chi connectivity index (χ1n) is 5.04. The summed E-state index contributed by atoms with van der Waals surface area (Å²) >= 11 is 1.46. The molecule has 0 amide bonds. The maximum atomic E-state index is 5.00. The summed E-state index contributed by atoms with van der Waals surface area (Å²) in [5.74, 6) is 0.788. The molecule has 1 aromatic rings. The van der Waals surface area contributed by atoms with Crippen molar-refractivity contribution >= 4 is 16.7 Å². The van der Waals surface area contributed by atoms with Gasteiger partial charge in [-0.2, -0.15) is 4.37 Å². The number of anilines is 1. The van der Waals surface area contributed by atoms with Crippen LogP contribution in [0.15, 0.2) is 0 Å². The van der Waals surface area contributed by atoms with E-state index in [9.17, 15) is 0 Å². The highest BCUT2D eigenvalue weighted by Gasteiger charge is 2.17. The van der Waals surface area contributed by atoms with E-state index in [4.69, 9.17) is 4.74 Å². The molecule has 1 fully saturated rings. The first-order valence-corrected chi connectivity index (χ1v) is 5.82. The molecule has 5 nitrogen and oxygen atoms in total. The van der Waals surface area contributed by atoms with E-state index in [-0.39, 0.29) is 0 Å². The van der Waals surface area contributed by atoms with Crippen LogP contribution in [0, 0.1) is 0 Å². The minimum Gasteiger partial charge on any atom is -0.377 e. The highest BCUT2D eigenvalue weighted by atomic mass is 32.1. The smallest absolute Gasteiger partial charge is 0.205 e. The fraction of sp³-hybridized carbons (Fsp3) is 0.778. The van der Waals surface area contributed by atoms with Crippen LogP contribution in [0.2, 0.25) is 0 Å². The average Bonchev–Trinajstić information content (AvgIpc) is 2.68. The van der Waals surface area contributed by atoms with Crippen molar-refractivity contribution in [2.45, 2.75) is 6.61 Å². The maximum Gasteiger partial charge on any atom is 0.205 e. The summed E-state index contributed by atoms with van der Waals surface area (Å²) < 4.78 is 9.25. The Kier molecular flexibility index (Phi) is 3.50. The Morgan fingerprint density at radius 3 is 2.73 bits per heavy atom. The Hall–Kier alpha value is -0.720. The van der Waals surface area contributed by atoms with Gasteiger partial charge in [-0.25, -0.2) is 4.98 Å². The summed E-state index contributed by atoms with van der Waals surface area (Å²) in [5, 5.41) is 1.02. The summed E-state index contributed by atoms with van der Waals surface area (Å²) in [6.45, 7) is 4.78. The van der Waals surface area contributed by atoms with E-state index in [1.54, 1.807) is 7.11 Å². The lowest BCUT2D eigenvalue weighted by atomic mass is 10.3. The van der Waals surface area contributed by atoms with Crippen LogP contribution in [-0.2, 0) is 11.3 Å². The Balaban J connectivity index is 1.96. The van der Waals surface area contributed by atoms with Crippen molar-refractivity contribution in [1.82, 2.24) is 14.3 Å². The summed E-state index contributed by atoms with van der Waals surface area (Å²) in [5.41, 5.74) is 0. The van der Waals surface area contributed by atoms with Crippen LogP contribution in [0.5, 0.6) is 0 Å². The number of rotatable bonds is 3. The summed E-state index contributed by atoms with van der Waals surface area (Å²) in [7, 11) is 3.81. The zero-order valence-electron chi connectivity index (χ0n) is 9.14. The second kappa shape index (κ2) is 4.87. The van der Waals surface area contributed by atoms with Gasteiger partial charge in [0.05, 0.1) is 0 Å². The van der Waals surface area contributed by atoms with Gasteiger partial charge in [0.15, 0.2) is 5.82 Å². The van der Waals surface area contributed by atoms with Crippen LogP contribution >= 0.6 is 11.5 Å². The monoisotopic (exact) mass is 228 g/mol. The maximum absolute atomic E-state index is 5.00. The highest BCUT2D eigenvalue weighted by Crippen LogP contribution is 2.18. The van der Waals surface area contributed by atoms with E-state index in [0.29, 0.717) is 6.61 Å². The van der Waals surface area contributed by atoms with Crippen LogP contribution in [0.4, 0.5) is 5.13 Å². The topological polar surface area (TPSA) is 41.5 Å². The van der Waals surface area contributed by atoms with E-state index in [2.05, 4.69) is 26.2 Å². The SMILES string of the molecule is COCc1nsc(N2CCN(C)CC2)n1. The molecule has 84 valence electrons. The first kappa shape index (κ1) is 10.8. The van der Waals surface area contributed by atoms with Crippen molar-refractivity contribution in [3.8, 4) is 0 Å². The van der Waals surface area contributed by atoms with Gasteiger partial charge in [0.25, 0.3) is 0 Å². The number of hydrogen-bond acceptors (Lipinski definition) is 6. The van der Waals surface area contributed by atoms with Crippen molar-refractivity contribution in [2.24, 2.45) is 0 Å². The van der Waals surface area contributed by atoms with Crippen LogP contribution in [0.3, 0.4) is 0 Å². The Bertz CT molecular complexity index is 309. The van der Waals surface area contributed by atoms with Crippen molar-refractivity contribution in [3.63, 3.8) is 0 Å². The minimum atomic E-state index is 0.504. The number of nitrogens with zero attached hydrogens (tertiary/aromatic N) is 4. The summed E-state index contributed by atoms with van der Waals surface area (Å²) in [6.07, 6.45) is 0. The largest absolute Gasteiger partial charge is 0.377 e. The van der Waals surface area contributed by atoms with Crippen molar-refractivity contribution < 1.29 is 4.74 Å². The summed E-state index contributed by atoms with van der Waals surface area (Å²) in [6, 6.07) is 0. The predicted octanol–water partition coefficient (Wildman–Crippen LogP) is 0.436. The third kappa shape index (κ3) is 2.64. The molecule has 0 N–H and O–H groups in total. The molecule has 1 aliphatic rings. The van der Waals surface area contributed by atoms with Gasteiger partial charge in [0, 0.05) is 44.8 Å². The standard InChI is InChI=1S/C9H16N4OS/c1-12-3-5-13(6-4-12)9-10-8(7-14-2)11-15-9/h3-7H2,1-2H3. The second-order valence-corrected chi connectivity index (χ2v) is 4.45. The zero-order valence-corrected chi connectivity index (χ0v) is 9.96. The van der Waals surface area contributed by atoms with E-state index >= 15 is 0 Å². The Labute approximate surface area is 93.8 Å². The lowest BCUT2D eigenvalue weighted by Crippen LogP contribution is -2.44. The number of aromatic nitrogens is 2. The molecule has 0 radical (unpaired) electrons. The number of ether oxygens (including phenoxy) is 1. The van der Waals surface area contributed by atoms with Crippen molar-refractivity contribution in [1.29, 1.82) is 0 Å². The molecule has 0 aliphatic carbocycles. The molecular formula is C9H16N4OS. The van der Waals surface area contributed by atoms with Crippen LogP contribution in [0.25, 0.3) is 0 Å². The predicted molar refractivity (Wildman–Crippen MR) is 60.3 cm³/mol. The van der Waals surface area contributed by atoms with Gasteiger partial charge in [-0.3, -0.25) is 0 Å². The van der Waals surface area contributed by atoms with Crippen molar-refractivity contribution in [2.75, 3.05) is 45.2 Å². The second-order valence-electron chi connectivity index (χ2n) is 3.72. The molecule has 2 heterocycles. The van der Waals surface area contributed by atoms with Crippen molar-refractivity contribution in [3.05, 3.63) is 5.82 Å². The molecule has 2 rings (SSSR count). The molecular weight excluding hydrogens is 212 g/mol. The molecule has 1 saturated heterocycles. The van der Waals surface area contributed by atoms with Gasteiger partial charge in [0.1, 0.15) is 6.61 Å². The lowest BCUT2D eigenvalue weighted by molar-refractivity contribution is 0.179. The van der Waals surface area contributed by atoms with E-state index in [1.807, 2.05) is 0 Å². The van der Waals surface area contributed by atoms with Gasteiger partial charge >= 0.3 is 0 Å². The Morgan fingerprint density at radius 1 is 1.33 bits per heavy atom. The van der Waals surface area contributed by atoms with Gasteiger partial charge in [-0.15, -0.1) is 0 Å². The van der Waals surface area contributed by atoms with Crippen LogP contribution in [-0.4, -0.2) is 54.6 Å². The number of likely N-dealkylation sites (N-methyl/N-ethyl adjacent to an activating group) is 1. The molecule has 0 spiro atoms. The fourth-order valence-electron chi connectivity index (χ4n) is 1.56. The molecule has 15 heavy (non-hydrogen) atoms.